The Balaban J connectivity index is 0.000000122. The van der Waals surface area contributed by atoms with E-state index < -0.39 is 27.2 Å². The Morgan fingerprint density at radius 2 is 0.580 bits per heavy atom. The first-order valence-corrected chi connectivity index (χ1v) is 52.9. The van der Waals surface area contributed by atoms with Gasteiger partial charge in [-0.05, 0) is 335 Å². The van der Waals surface area contributed by atoms with Crippen LogP contribution in [0.25, 0.3) is 61.3 Å². The van der Waals surface area contributed by atoms with Gasteiger partial charge in [0.2, 0.25) is 0 Å². The summed E-state index contributed by atoms with van der Waals surface area (Å²) in [5.41, 5.74) is 17.8. The minimum absolute atomic E-state index is 0.0280. The molecule has 0 fully saturated rings. The molecule has 2 heterocycles. The maximum absolute atomic E-state index is 10.2. The van der Waals surface area contributed by atoms with Crippen LogP contribution in [0.2, 0.25) is 0 Å². The number of hydrogen-bond acceptors (Lipinski definition) is 8. The van der Waals surface area contributed by atoms with Crippen molar-refractivity contribution in [3.63, 3.8) is 0 Å². The molecule has 21 rings (SSSR count). The highest BCUT2D eigenvalue weighted by molar-refractivity contribution is 7.97. The van der Waals surface area contributed by atoms with Crippen LogP contribution in [0.5, 0.6) is 40.2 Å². The Kier molecular flexibility index (Phi) is 29.6. The zero-order valence-electron chi connectivity index (χ0n) is 79.6. The molecule has 0 bridgehead atoms. The number of thiophene rings is 2. The standard InChI is InChI=1S/C37H26O4S.C24H26O3S.C22H21S.C21H21OS.C21H19S/c38-26-9-5-24(6-10-26)37(25-7-11-27(39)12-8-25)35-4-2-1-3-33(35)34-23-32(21-22-36(34)37)42(30-17-13-28(40)14-18-30)31-19-15-29(41)16-20-31;1-13-7-19(8-14(2)22(13)25)28(20-9-15(3)23(26)16(4)10-20)21-11-17(5)24(27)18(6)12-21;1-2-3-8-17-13-15-18(16-14-17)23-21-11-6-4-9-19(21)20-10-5-7-12-22(20)23;1-22-17-16-18-12-14-21(15-13-18)23(19-8-4-2-5-9-19)20-10-6-3-7-11-20;1-14-12-15(2)21(16(3)13-14)22-19-10-6-4-8-17(19)18-9-5-7-11-20(18)22/h1-23H,(H3-,38,39,40,41);7-12H,1-6H3,(H2-,25,26,27);4-7,9-16H,2-3,8H2,1H3;2-15H,16-17H2,1H3;4-13H,1-3H3/q;;3*+1/p+2. The highest BCUT2D eigenvalue weighted by Gasteiger charge is 2.48. The number of unbranched alkanes of at least 4 members (excludes halogenated alkanes) is 1. The van der Waals surface area contributed by atoms with Gasteiger partial charge in [-0.25, -0.2) is 0 Å². The highest BCUT2D eigenvalue weighted by atomic mass is 32.2. The second kappa shape index (κ2) is 42.7. The van der Waals surface area contributed by atoms with Gasteiger partial charge in [-0.3, -0.25) is 0 Å². The van der Waals surface area contributed by atoms with Crippen LogP contribution < -0.4 is 0 Å². The molecule has 2 aromatic heterocycles. The fourth-order valence-electron chi connectivity index (χ4n) is 19.1. The monoisotopic (exact) mass is 1900 g/mol. The number of aryl methyl sites for hydroxylation is 10. The number of methoxy groups -OCH3 is 1. The number of ether oxygens (including phenoxy) is 1. The van der Waals surface area contributed by atoms with Crippen molar-refractivity contribution in [2.75, 3.05) is 13.7 Å². The lowest BCUT2D eigenvalue weighted by Crippen LogP contribution is -2.28. The summed E-state index contributed by atoms with van der Waals surface area (Å²) in [6.07, 6.45) is 4.68. The molecule has 0 saturated heterocycles. The molecule has 0 amide bonds. The number of rotatable bonds is 19. The van der Waals surface area contributed by atoms with Gasteiger partial charge in [0.05, 0.1) is 44.7 Å². The van der Waals surface area contributed by atoms with E-state index in [1.807, 2.05) is 126 Å². The maximum atomic E-state index is 10.2. The van der Waals surface area contributed by atoms with Gasteiger partial charge >= 0.3 is 0 Å². The van der Waals surface area contributed by atoms with E-state index in [2.05, 4.69) is 289 Å². The molecule has 688 valence electrons. The molecule has 138 heavy (non-hydrogen) atoms. The second-order valence-corrected chi connectivity index (χ2v) is 45.2. The van der Waals surface area contributed by atoms with Gasteiger partial charge in [-0.1, -0.05) is 195 Å². The fourth-order valence-corrected chi connectivity index (χ4v) is 30.8. The topological polar surface area (TPSA) is 151 Å². The molecular weight excluding hydrogens is 1790 g/mol. The van der Waals surface area contributed by atoms with E-state index in [1.54, 1.807) is 55.6 Å². The minimum Gasteiger partial charge on any atom is -0.508 e. The SMILES string of the molecule is CCCCc1ccc(-[s+]2c3ccccc3c3ccccc32)cc1.COCCc1ccc([S+](c2ccccc2)c2ccccc2)cc1.Cc1cc(C)c(-[s+]2c3ccccc3c3ccccc32)c(C)c1.Cc1cc([S+](c2cc(C)c(O)c(C)c2)c2cc(C)c(O)c(C)c2)cc(C)c1O.Oc1ccc([S+](c2ccc(O)cc2)c2ccc3c(c2)-c2ccccc2C3(c2ccc(O)cc2)c2ccc(O)cc2)cc1. The van der Waals surface area contributed by atoms with Crippen LogP contribution in [0.1, 0.15) is 103 Å². The molecule has 1 aliphatic rings. The summed E-state index contributed by atoms with van der Waals surface area (Å²) in [5.74, 6) is 1.80. The second-order valence-electron chi connectivity index (χ2n) is 35.3. The zero-order valence-corrected chi connectivity index (χ0v) is 83.7. The van der Waals surface area contributed by atoms with Crippen molar-refractivity contribution in [3.8, 4) is 61.2 Å². The molecular formula is C125H115O8S5+5. The molecule has 1 aliphatic carbocycles. The molecule has 0 atom stereocenters. The Morgan fingerprint density at radius 3 is 0.978 bits per heavy atom. The number of hydrogen-bond donors (Lipinski definition) is 7. The predicted molar refractivity (Wildman–Crippen MR) is 581 cm³/mol. The van der Waals surface area contributed by atoms with Gasteiger partial charge in [0, 0.05) is 103 Å². The third-order valence-electron chi connectivity index (χ3n) is 25.6. The number of benzene rings is 18. The average Bonchev–Trinajstić information content (AvgIpc) is 1.53. The van der Waals surface area contributed by atoms with E-state index in [1.165, 1.54) is 112 Å². The predicted octanol–water partition coefficient (Wildman–Crippen LogP) is 32.4. The molecule has 18 aromatic carbocycles. The third kappa shape index (κ3) is 20.1. The number of aromatic hydroxyl groups is 7. The number of fused-ring (bicyclic) bond motifs is 9. The summed E-state index contributed by atoms with van der Waals surface area (Å²) < 4.78 is 11.0. The number of phenolic OH excluding ortho intramolecular Hbond substituents is 7. The largest absolute Gasteiger partial charge is 0.508 e. The van der Waals surface area contributed by atoms with Gasteiger partial charge < -0.3 is 40.5 Å². The summed E-state index contributed by atoms with van der Waals surface area (Å²) in [4.78, 5) is 13.5. The first-order valence-electron chi connectivity index (χ1n) is 46.7. The first kappa shape index (κ1) is 95.7. The summed E-state index contributed by atoms with van der Waals surface area (Å²) in [5, 5.41) is 76.7. The summed E-state index contributed by atoms with van der Waals surface area (Å²) in [6, 6.07) is 137. The van der Waals surface area contributed by atoms with Crippen molar-refractivity contribution >= 4 is 94.0 Å². The summed E-state index contributed by atoms with van der Waals surface area (Å²) >= 11 is 0. The van der Waals surface area contributed by atoms with Crippen LogP contribution in [0.3, 0.4) is 0 Å². The molecule has 8 nitrogen and oxygen atoms in total. The first-order chi connectivity index (χ1) is 67.0. The van der Waals surface area contributed by atoms with E-state index in [4.69, 9.17) is 4.74 Å². The normalized spacial score (nSPS) is 11.8. The van der Waals surface area contributed by atoms with Crippen LogP contribution in [0, 0.1) is 62.3 Å². The molecule has 0 aliphatic heterocycles. The van der Waals surface area contributed by atoms with E-state index in [0.29, 0.717) is 17.2 Å². The maximum Gasteiger partial charge on any atom is 0.187 e. The van der Waals surface area contributed by atoms with Crippen LogP contribution in [-0.2, 0) is 55.7 Å². The number of phenols is 7. The van der Waals surface area contributed by atoms with E-state index >= 15 is 0 Å². The van der Waals surface area contributed by atoms with E-state index in [9.17, 15) is 35.7 Å². The van der Waals surface area contributed by atoms with Gasteiger partial charge in [0.1, 0.15) is 40.2 Å². The average molecular weight is 1910 g/mol. The molecule has 0 radical (unpaired) electrons. The Morgan fingerprint density at radius 1 is 0.268 bits per heavy atom. The molecule has 0 unspecified atom stereocenters. The third-order valence-corrected chi connectivity index (χ3v) is 37.1. The van der Waals surface area contributed by atoms with Crippen LogP contribution >= 0.6 is 20.9 Å². The minimum atomic E-state index is -0.665. The van der Waals surface area contributed by atoms with Crippen LogP contribution in [0.15, 0.2) is 438 Å². The van der Waals surface area contributed by atoms with Crippen molar-refractivity contribution < 1.29 is 40.5 Å². The summed E-state index contributed by atoms with van der Waals surface area (Å²) in [7, 11) is 0.817. The highest BCUT2D eigenvalue weighted by Crippen LogP contribution is 2.58. The Bertz CT molecular complexity index is 7240. The quantitative estimate of drug-likeness (QED) is 0.0396. The fraction of sp³-hybridized carbons (Fsp3) is 0.136. The van der Waals surface area contributed by atoms with Crippen molar-refractivity contribution in [2.45, 2.75) is 144 Å². The smallest absolute Gasteiger partial charge is 0.187 e. The lowest BCUT2D eigenvalue weighted by atomic mass is 9.68. The van der Waals surface area contributed by atoms with Crippen LogP contribution in [0.4, 0.5) is 0 Å². The van der Waals surface area contributed by atoms with Crippen molar-refractivity contribution in [1.29, 1.82) is 0 Å². The Hall–Kier alpha value is -14.0. The summed E-state index contributed by atoms with van der Waals surface area (Å²) in [6.45, 7) is 21.2. The molecule has 20 aromatic rings. The molecule has 0 spiro atoms. The van der Waals surface area contributed by atoms with Gasteiger partial charge in [-0.2, -0.15) is 0 Å². The van der Waals surface area contributed by atoms with Crippen molar-refractivity contribution in [1.82, 2.24) is 0 Å². The lowest BCUT2D eigenvalue weighted by molar-refractivity contribution is 0.202. The molecule has 13 heteroatoms. The lowest BCUT2D eigenvalue weighted by Gasteiger charge is -2.33. The van der Waals surface area contributed by atoms with Gasteiger partial charge in [0.15, 0.2) is 72.6 Å². The van der Waals surface area contributed by atoms with Crippen molar-refractivity contribution in [2.24, 2.45) is 0 Å². The van der Waals surface area contributed by atoms with Gasteiger partial charge in [0.25, 0.3) is 0 Å². The van der Waals surface area contributed by atoms with Gasteiger partial charge in [-0.15, -0.1) is 0 Å². The van der Waals surface area contributed by atoms with E-state index in [0.717, 1.165) is 109 Å². The molecule has 7 N–H and O–H groups in total. The van der Waals surface area contributed by atoms with Crippen molar-refractivity contribution in [3.05, 3.63) is 478 Å². The van der Waals surface area contributed by atoms with E-state index in [-0.39, 0.29) is 54.8 Å². The Labute approximate surface area is 824 Å². The van der Waals surface area contributed by atoms with Crippen LogP contribution in [-0.4, -0.2) is 49.5 Å². The zero-order chi connectivity index (χ0) is 96.4. The molecule has 0 saturated carbocycles.